The molecular weight excluding hydrogens is 168 g/mol. The molecule has 0 amide bonds. The second-order valence-corrected chi connectivity index (χ2v) is 6.74. The summed E-state index contributed by atoms with van der Waals surface area (Å²) in [5.74, 6) is 2.00. The Labute approximate surface area is 88.5 Å². The smallest absolute Gasteiger partial charge is 0.0205 e. The summed E-state index contributed by atoms with van der Waals surface area (Å²) < 4.78 is 0. The molecule has 4 aliphatic carbocycles. The first-order chi connectivity index (χ1) is 6.52. The van der Waals surface area contributed by atoms with E-state index in [0.29, 0.717) is 0 Å². The van der Waals surface area contributed by atoms with E-state index >= 15 is 0 Å². The Hall–Kier alpha value is 0. The highest BCUT2D eigenvalue weighted by Crippen LogP contribution is 2.90. The van der Waals surface area contributed by atoms with Crippen molar-refractivity contribution < 1.29 is 0 Å². The zero-order valence-electron chi connectivity index (χ0n) is 10.2. The van der Waals surface area contributed by atoms with Crippen molar-refractivity contribution in [1.82, 2.24) is 0 Å². The summed E-state index contributed by atoms with van der Waals surface area (Å²) in [5.41, 5.74) is 2.35. The largest absolute Gasteiger partial charge is 0.0651 e. The minimum atomic E-state index is 0.759. The first-order valence-corrected chi connectivity index (χ1v) is 6.52. The zero-order chi connectivity index (χ0) is 10.2. The Morgan fingerprint density at radius 2 is 2.07 bits per heavy atom. The third-order valence-corrected chi connectivity index (χ3v) is 7.06. The summed E-state index contributed by atoms with van der Waals surface area (Å²) in [5, 5.41) is 0. The predicted octanol–water partition coefficient (Wildman–Crippen LogP) is 4.25. The SMILES string of the molecule is CCC(C)C12CCC3(C1)C(C)CC23C. The van der Waals surface area contributed by atoms with Crippen LogP contribution in [-0.4, -0.2) is 0 Å². The molecule has 5 atom stereocenters. The fourth-order valence-electron chi connectivity index (χ4n) is 5.92. The monoisotopic (exact) mass is 192 g/mol. The lowest BCUT2D eigenvalue weighted by Gasteiger charge is -2.76. The zero-order valence-corrected chi connectivity index (χ0v) is 10.2. The van der Waals surface area contributed by atoms with Crippen molar-refractivity contribution in [2.45, 2.75) is 59.8 Å². The molecule has 2 bridgehead atoms. The third-order valence-electron chi connectivity index (χ3n) is 7.06. The number of hydrogen-bond acceptors (Lipinski definition) is 0. The summed E-state index contributed by atoms with van der Waals surface area (Å²) in [6, 6.07) is 0. The van der Waals surface area contributed by atoms with Gasteiger partial charge in [0.2, 0.25) is 0 Å². The quantitative estimate of drug-likeness (QED) is 0.613. The second kappa shape index (κ2) is 2.23. The summed E-state index contributed by atoms with van der Waals surface area (Å²) in [4.78, 5) is 0. The van der Waals surface area contributed by atoms with E-state index in [-0.39, 0.29) is 0 Å². The highest BCUT2D eigenvalue weighted by molar-refractivity contribution is 5.31. The normalized spacial score (nSPS) is 61.3. The highest BCUT2D eigenvalue weighted by atomic mass is 14.9. The van der Waals surface area contributed by atoms with Gasteiger partial charge in [-0.05, 0) is 53.8 Å². The van der Waals surface area contributed by atoms with Crippen LogP contribution in [0.5, 0.6) is 0 Å². The van der Waals surface area contributed by atoms with Crippen molar-refractivity contribution in [3.8, 4) is 0 Å². The molecule has 0 aromatic carbocycles. The Balaban J connectivity index is 1.95. The summed E-state index contributed by atoms with van der Waals surface area (Å²) in [6.45, 7) is 9.98. The average molecular weight is 192 g/mol. The summed E-state index contributed by atoms with van der Waals surface area (Å²) in [6.07, 6.45) is 7.59. The molecule has 4 fully saturated rings. The fourth-order valence-corrected chi connectivity index (χ4v) is 5.92. The Kier molecular flexibility index (Phi) is 1.47. The van der Waals surface area contributed by atoms with Crippen LogP contribution >= 0.6 is 0 Å². The van der Waals surface area contributed by atoms with Crippen LogP contribution in [0.3, 0.4) is 0 Å². The van der Waals surface area contributed by atoms with Crippen LogP contribution in [0.15, 0.2) is 0 Å². The fraction of sp³-hybridized carbons (Fsp3) is 1.00. The van der Waals surface area contributed by atoms with Gasteiger partial charge in [0.1, 0.15) is 0 Å². The minimum Gasteiger partial charge on any atom is -0.0651 e. The average Bonchev–Trinajstić information content (AvgIpc) is 2.68. The molecule has 4 aliphatic rings. The van der Waals surface area contributed by atoms with Crippen LogP contribution in [0.4, 0.5) is 0 Å². The van der Waals surface area contributed by atoms with Crippen molar-refractivity contribution in [2.75, 3.05) is 0 Å². The lowest BCUT2D eigenvalue weighted by Crippen LogP contribution is -2.70. The maximum absolute atomic E-state index is 2.61. The van der Waals surface area contributed by atoms with E-state index in [9.17, 15) is 0 Å². The van der Waals surface area contributed by atoms with Crippen LogP contribution in [0.1, 0.15) is 59.8 Å². The highest BCUT2D eigenvalue weighted by Gasteiger charge is 2.82. The van der Waals surface area contributed by atoms with Gasteiger partial charge in [0.15, 0.2) is 0 Å². The number of rotatable bonds is 2. The first kappa shape index (κ1) is 9.24. The van der Waals surface area contributed by atoms with E-state index in [2.05, 4.69) is 27.7 Å². The van der Waals surface area contributed by atoms with Gasteiger partial charge in [-0.2, -0.15) is 0 Å². The molecule has 1 spiro atoms. The van der Waals surface area contributed by atoms with E-state index in [4.69, 9.17) is 0 Å². The van der Waals surface area contributed by atoms with E-state index < -0.39 is 0 Å². The molecule has 4 rings (SSSR count). The van der Waals surface area contributed by atoms with Crippen molar-refractivity contribution in [2.24, 2.45) is 28.1 Å². The maximum atomic E-state index is 2.61. The molecular formula is C14H24. The van der Waals surface area contributed by atoms with Gasteiger partial charge in [0.05, 0.1) is 0 Å². The van der Waals surface area contributed by atoms with Crippen LogP contribution in [0, 0.1) is 28.1 Å². The third kappa shape index (κ3) is 0.581. The first-order valence-electron chi connectivity index (χ1n) is 6.52. The van der Waals surface area contributed by atoms with Crippen LogP contribution in [-0.2, 0) is 0 Å². The molecule has 0 radical (unpaired) electrons. The Bertz CT molecular complexity index is 282. The standard InChI is InChI=1S/C14H24/c1-5-10(2)13-6-7-14(9-13)11(3)8-12(13,14)4/h10-11H,5-9H2,1-4H3. The molecule has 80 valence electrons. The molecule has 0 aromatic heterocycles. The van der Waals surface area contributed by atoms with Crippen LogP contribution < -0.4 is 0 Å². The molecule has 14 heavy (non-hydrogen) atoms. The molecule has 0 saturated heterocycles. The Morgan fingerprint density at radius 3 is 2.50 bits per heavy atom. The van der Waals surface area contributed by atoms with E-state index in [1.807, 2.05) is 0 Å². The van der Waals surface area contributed by atoms with E-state index in [0.717, 1.165) is 28.1 Å². The summed E-state index contributed by atoms with van der Waals surface area (Å²) in [7, 11) is 0. The molecule has 0 nitrogen and oxygen atoms in total. The van der Waals surface area contributed by atoms with Gasteiger partial charge in [-0.3, -0.25) is 0 Å². The van der Waals surface area contributed by atoms with Gasteiger partial charge in [-0.15, -0.1) is 0 Å². The summed E-state index contributed by atoms with van der Waals surface area (Å²) >= 11 is 0. The van der Waals surface area contributed by atoms with Gasteiger partial charge in [-0.25, -0.2) is 0 Å². The van der Waals surface area contributed by atoms with Gasteiger partial charge in [0, 0.05) is 0 Å². The Morgan fingerprint density at radius 1 is 1.36 bits per heavy atom. The number of fused-ring (bicyclic) bond motifs is 1. The maximum Gasteiger partial charge on any atom is -0.0205 e. The van der Waals surface area contributed by atoms with Gasteiger partial charge < -0.3 is 0 Å². The van der Waals surface area contributed by atoms with Crippen LogP contribution in [0.2, 0.25) is 0 Å². The molecule has 0 aliphatic heterocycles. The van der Waals surface area contributed by atoms with Crippen molar-refractivity contribution in [3.05, 3.63) is 0 Å². The lowest BCUT2D eigenvalue weighted by molar-refractivity contribution is -0.284. The topological polar surface area (TPSA) is 0 Å². The second-order valence-electron chi connectivity index (χ2n) is 6.74. The predicted molar refractivity (Wildman–Crippen MR) is 60.1 cm³/mol. The van der Waals surface area contributed by atoms with Gasteiger partial charge >= 0.3 is 0 Å². The van der Waals surface area contributed by atoms with Crippen molar-refractivity contribution >= 4 is 0 Å². The molecule has 4 saturated carbocycles. The van der Waals surface area contributed by atoms with Crippen molar-refractivity contribution in [3.63, 3.8) is 0 Å². The van der Waals surface area contributed by atoms with Gasteiger partial charge in [0.25, 0.3) is 0 Å². The molecule has 5 unspecified atom stereocenters. The molecule has 0 heterocycles. The molecule has 0 N–H and O–H groups in total. The minimum absolute atomic E-state index is 0.759. The molecule has 0 heteroatoms. The molecule has 0 aromatic rings. The van der Waals surface area contributed by atoms with E-state index in [1.165, 1.54) is 12.8 Å². The van der Waals surface area contributed by atoms with Gasteiger partial charge in [-0.1, -0.05) is 34.1 Å². The lowest BCUT2D eigenvalue weighted by atomic mass is 9.28. The van der Waals surface area contributed by atoms with Crippen LogP contribution in [0.25, 0.3) is 0 Å². The number of hydrogen-bond donors (Lipinski definition) is 0. The van der Waals surface area contributed by atoms with E-state index in [1.54, 1.807) is 19.3 Å². The van der Waals surface area contributed by atoms with Crippen molar-refractivity contribution in [1.29, 1.82) is 0 Å².